The van der Waals surface area contributed by atoms with E-state index in [1.165, 1.54) is 6.20 Å². The van der Waals surface area contributed by atoms with E-state index in [1.807, 2.05) is 10.6 Å². The average Bonchev–Trinajstić information content (AvgIpc) is 2.23. The SMILES string of the molecule is C=CN/C(C)=C(\N)CC1C(=O)NC(=O)NC1=O. The molecule has 1 aliphatic heterocycles. The summed E-state index contributed by atoms with van der Waals surface area (Å²) in [6, 6.07) is -0.806. The van der Waals surface area contributed by atoms with E-state index in [2.05, 4.69) is 11.9 Å². The molecule has 1 saturated heterocycles. The summed E-state index contributed by atoms with van der Waals surface area (Å²) in [5.74, 6) is -2.28. The smallest absolute Gasteiger partial charge is 0.328 e. The van der Waals surface area contributed by atoms with Crippen LogP contribution in [0.3, 0.4) is 0 Å². The van der Waals surface area contributed by atoms with E-state index < -0.39 is 23.8 Å². The van der Waals surface area contributed by atoms with Gasteiger partial charge in [0.2, 0.25) is 11.8 Å². The molecule has 0 aromatic carbocycles. The van der Waals surface area contributed by atoms with Gasteiger partial charge in [0, 0.05) is 17.8 Å². The number of carbonyl (C=O) groups excluding carboxylic acids is 3. The first-order valence-electron chi connectivity index (χ1n) is 4.94. The summed E-state index contributed by atoms with van der Waals surface area (Å²) < 4.78 is 0. The number of nitrogens with one attached hydrogen (secondary N) is 3. The monoisotopic (exact) mass is 238 g/mol. The van der Waals surface area contributed by atoms with Crippen LogP contribution in [-0.2, 0) is 9.59 Å². The fourth-order valence-corrected chi connectivity index (χ4v) is 1.35. The number of imide groups is 2. The zero-order valence-corrected chi connectivity index (χ0v) is 9.37. The molecule has 0 aliphatic carbocycles. The van der Waals surface area contributed by atoms with E-state index >= 15 is 0 Å². The zero-order chi connectivity index (χ0) is 13.0. The first-order valence-corrected chi connectivity index (χ1v) is 4.94. The number of hydrogen-bond acceptors (Lipinski definition) is 5. The summed E-state index contributed by atoms with van der Waals surface area (Å²) in [5.41, 5.74) is 6.68. The molecule has 0 radical (unpaired) electrons. The van der Waals surface area contributed by atoms with Crippen molar-refractivity contribution in [3.63, 3.8) is 0 Å². The Balaban J connectivity index is 2.77. The van der Waals surface area contributed by atoms with Gasteiger partial charge in [0.05, 0.1) is 0 Å². The van der Waals surface area contributed by atoms with Crippen molar-refractivity contribution in [2.75, 3.05) is 0 Å². The molecule has 7 heteroatoms. The van der Waals surface area contributed by atoms with Gasteiger partial charge in [0.15, 0.2) is 0 Å². The summed E-state index contributed by atoms with van der Waals surface area (Å²) in [6.07, 6.45) is 1.48. The molecular weight excluding hydrogens is 224 g/mol. The van der Waals surface area contributed by atoms with Crippen molar-refractivity contribution in [3.05, 3.63) is 24.2 Å². The van der Waals surface area contributed by atoms with Crippen LogP contribution in [0.5, 0.6) is 0 Å². The second kappa shape index (κ2) is 5.15. The van der Waals surface area contributed by atoms with Crippen LogP contribution in [0, 0.1) is 5.92 Å². The molecule has 92 valence electrons. The highest BCUT2D eigenvalue weighted by Crippen LogP contribution is 2.13. The lowest BCUT2D eigenvalue weighted by Crippen LogP contribution is -2.55. The minimum absolute atomic E-state index is 0.0393. The average molecular weight is 238 g/mol. The van der Waals surface area contributed by atoms with Gasteiger partial charge in [-0.3, -0.25) is 20.2 Å². The second-order valence-corrected chi connectivity index (χ2v) is 3.56. The van der Waals surface area contributed by atoms with Crippen LogP contribution >= 0.6 is 0 Å². The molecule has 5 N–H and O–H groups in total. The van der Waals surface area contributed by atoms with Gasteiger partial charge in [0.1, 0.15) is 5.92 Å². The van der Waals surface area contributed by atoms with Gasteiger partial charge in [-0.15, -0.1) is 0 Å². The highest BCUT2D eigenvalue weighted by molar-refractivity contribution is 6.16. The molecule has 0 bridgehead atoms. The Bertz CT molecular complexity index is 394. The lowest BCUT2D eigenvalue weighted by molar-refractivity contribution is -0.135. The maximum Gasteiger partial charge on any atom is 0.328 e. The molecule has 1 rings (SSSR count). The number of allylic oxidation sites excluding steroid dienone is 2. The van der Waals surface area contributed by atoms with Crippen LogP contribution in [-0.4, -0.2) is 17.8 Å². The molecule has 7 nitrogen and oxygen atoms in total. The normalized spacial score (nSPS) is 18.1. The summed E-state index contributed by atoms with van der Waals surface area (Å²) in [6.45, 7) is 5.16. The van der Waals surface area contributed by atoms with Crippen molar-refractivity contribution in [1.82, 2.24) is 16.0 Å². The van der Waals surface area contributed by atoms with E-state index in [0.29, 0.717) is 11.4 Å². The number of rotatable bonds is 4. The molecule has 0 atom stereocenters. The van der Waals surface area contributed by atoms with Gasteiger partial charge in [-0.2, -0.15) is 0 Å². The van der Waals surface area contributed by atoms with Crippen LogP contribution in [0.4, 0.5) is 4.79 Å². The van der Waals surface area contributed by atoms with Gasteiger partial charge in [-0.25, -0.2) is 4.79 Å². The predicted molar refractivity (Wildman–Crippen MR) is 60.0 cm³/mol. The molecule has 1 fully saturated rings. The van der Waals surface area contributed by atoms with Crippen LogP contribution in [0.1, 0.15) is 13.3 Å². The Kier molecular flexibility index (Phi) is 3.86. The Hall–Kier alpha value is -2.31. The van der Waals surface area contributed by atoms with E-state index in [0.717, 1.165) is 0 Å². The molecule has 1 aliphatic rings. The van der Waals surface area contributed by atoms with E-state index in [9.17, 15) is 14.4 Å². The van der Waals surface area contributed by atoms with Crippen molar-refractivity contribution in [1.29, 1.82) is 0 Å². The molecule has 0 aromatic heterocycles. The van der Waals surface area contributed by atoms with Crippen molar-refractivity contribution in [3.8, 4) is 0 Å². The maximum absolute atomic E-state index is 11.4. The molecule has 0 aromatic rings. The Labute approximate surface area is 98.1 Å². The van der Waals surface area contributed by atoms with Gasteiger partial charge in [-0.05, 0) is 13.1 Å². The van der Waals surface area contributed by atoms with Crippen LogP contribution in [0.2, 0.25) is 0 Å². The molecular formula is C10H14N4O3. The van der Waals surface area contributed by atoms with Crippen LogP contribution in [0.25, 0.3) is 0 Å². The van der Waals surface area contributed by atoms with E-state index in [4.69, 9.17) is 5.73 Å². The minimum atomic E-state index is -0.991. The quantitative estimate of drug-likeness (QED) is 0.483. The number of nitrogens with two attached hydrogens (primary N) is 1. The van der Waals surface area contributed by atoms with Crippen molar-refractivity contribution in [2.45, 2.75) is 13.3 Å². The van der Waals surface area contributed by atoms with Gasteiger partial charge in [-0.1, -0.05) is 6.58 Å². The Morgan fingerprint density at radius 1 is 1.41 bits per heavy atom. The Morgan fingerprint density at radius 3 is 2.41 bits per heavy atom. The molecule has 1 heterocycles. The number of hydrogen-bond donors (Lipinski definition) is 4. The van der Waals surface area contributed by atoms with E-state index in [1.54, 1.807) is 6.92 Å². The summed E-state index contributed by atoms with van der Waals surface area (Å²) in [4.78, 5) is 33.7. The Morgan fingerprint density at radius 2 is 1.94 bits per heavy atom. The fraction of sp³-hybridized carbons (Fsp3) is 0.300. The second-order valence-electron chi connectivity index (χ2n) is 3.56. The lowest BCUT2D eigenvalue weighted by atomic mass is 9.99. The molecule has 17 heavy (non-hydrogen) atoms. The third-order valence-corrected chi connectivity index (χ3v) is 2.33. The summed E-state index contributed by atoms with van der Waals surface area (Å²) >= 11 is 0. The van der Waals surface area contributed by atoms with Crippen molar-refractivity contribution < 1.29 is 14.4 Å². The van der Waals surface area contributed by atoms with Crippen molar-refractivity contribution >= 4 is 17.8 Å². The van der Waals surface area contributed by atoms with Crippen LogP contribution < -0.4 is 21.7 Å². The molecule has 0 unspecified atom stereocenters. The molecule has 0 saturated carbocycles. The molecule has 0 spiro atoms. The highest BCUT2D eigenvalue weighted by Gasteiger charge is 2.34. The highest BCUT2D eigenvalue weighted by atomic mass is 16.2. The molecule has 4 amide bonds. The lowest BCUT2D eigenvalue weighted by Gasteiger charge is -2.21. The minimum Gasteiger partial charge on any atom is -0.401 e. The van der Waals surface area contributed by atoms with Gasteiger partial charge >= 0.3 is 6.03 Å². The maximum atomic E-state index is 11.4. The topological polar surface area (TPSA) is 113 Å². The van der Waals surface area contributed by atoms with Crippen LogP contribution in [0.15, 0.2) is 24.2 Å². The van der Waals surface area contributed by atoms with E-state index in [-0.39, 0.29) is 6.42 Å². The first kappa shape index (κ1) is 12.8. The number of barbiturate groups is 1. The zero-order valence-electron chi connectivity index (χ0n) is 9.37. The standard InChI is InChI=1S/C10H14N4O3/c1-3-12-5(2)7(11)4-6-8(15)13-10(17)14-9(6)16/h3,6,12H,1,4,11H2,2H3,(H2,13,14,15,16,17)/b7-5-. The summed E-state index contributed by atoms with van der Waals surface area (Å²) in [5, 5.41) is 6.78. The largest absolute Gasteiger partial charge is 0.401 e. The van der Waals surface area contributed by atoms with Gasteiger partial charge in [0.25, 0.3) is 0 Å². The number of carbonyl (C=O) groups is 3. The first-order chi connectivity index (χ1) is 7.95. The third-order valence-electron chi connectivity index (χ3n) is 2.33. The fourth-order valence-electron chi connectivity index (χ4n) is 1.35. The summed E-state index contributed by atoms with van der Waals surface area (Å²) in [7, 11) is 0. The third kappa shape index (κ3) is 3.07. The predicted octanol–water partition coefficient (Wildman–Crippen LogP) is -0.718. The van der Waals surface area contributed by atoms with Crippen molar-refractivity contribution in [2.24, 2.45) is 11.7 Å². The van der Waals surface area contributed by atoms with Gasteiger partial charge < -0.3 is 11.1 Å². The number of amides is 4. The number of urea groups is 1.